The maximum absolute atomic E-state index is 13.9. The minimum absolute atomic E-state index is 0.0610. The molecule has 172 valence electrons. The van der Waals surface area contributed by atoms with Gasteiger partial charge in [-0.1, -0.05) is 0 Å². The number of hydrogen-bond acceptors (Lipinski definition) is 3. The van der Waals surface area contributed by atoms with E-state index < -0.39 is 0 Å². The van der Waals surface area contributed by atoms with E-state index in [1.165, 1.54) is 11.6 Å². The van der Waals surface area contributed by atoms with E-state index in [9.17, 15) is 9.18 Å². The summed E-state index contributed by atoms with van der Waals surface area (Å²) >= 11 is 0. The third kappa shape index (κ3) is 3.67. The summed E-state index contributed by atoms with van der Waals surface area (Å²) in [7, 11) is 0. The van der Waals surface area contributed by atoms with E-state index in [0.29, 0.717) is 5.92 Å². The molecule has 34 heavy (non-hydrogen) atoms. The fraction of sp³-hybridized carbons (Fsp3) is 0.321. The Morgan fingerprint density at radius 1 is 1.00 bits per heavy atom. The number of carbonyl (C=O) groups excluding carboxylic acids is 1. The van der Waals surface area contributed by atoms with Crippen LogP contribution in [0.5, 0.6) is 0 Å². The predicted molar refractivity (Wildman–Crippen MR) is 130 cm³/mol. The van der Waals surface area contributed by atoms with Crippen LogP contribution in [0.1, 0.15) is 50.0 Å². The molecule has 0 radical (unpaired) electrons. The van der Waals surface area contributed by atoms with E-state index in [4.69, 9.17) is 0 Å². The van der Waals surface area contributed by atoms with E-state index >= 15 is 0 Å². The highest BCUT2D eigenvalue weighted by atomic mass is 19.1. The van der Waals surface area contributed by atoms with Crippen LogP contribution in [0.25, 0.3) is 16.6 Å². The Kier molecular flexibility index (Phi) is 5.16. The fourth-order valence-corrected chi connectivity index (χ4v) is 6.05. The molecule has 1 spiro atoms. The van der Waals surface area contributed by atoms with E-state index in [0.717, 1.165) is 60.8 Å². The normalized spacial score (nSPS) is 24.1. The lowest BCUT2D eigenvalue weighted by molar-refractivity contribution is -0.133. The third-order valence-corrected chi connectivity index (χ3v) is 8.05. The molecule has 0 saturated heterocycles. The van der Waals surface area contributed by atoms with Gasteiger partial charge in [0.1, 0.15) is 5.82 Å². The largest absolute Gasteiger partial charge is 0.326 e. The van der Waals surface area contributed by atoms with Crippen LogP contribution in [0.15, 0.2) is 73.2 Å². The highest BCUT2D eigenvalue weighted by Crippen LogP contribution is 2.58. The molecule has 0 aliphatic heterocycles. The van der Waals surface area contributed by atoms with Crippen molar-refractivity contribution in [1.29, 1.82) is 0 Å². The molecule has 2 aliphatic carbocycles. The Morgan fingerprint density at radius 3 is 2.50 bits per heavy atom. The number of fused-ring (bicyclic) bond motifs is 1. The maximum atomic E-state index is 13.9. The number of nitrogens with one attached hydrogen (secondary N) is 1. The van der Waals surface area contributed by atoms with E-state index in [2.05, 4.69) is 15.4 Å². The average molecular weight is 455 g/mol. The van der Waals surface area contributed by atoms with Crippen LogP contribution in [0.2, 0.25) is 0 Å². The van der Waals surface area contributed by atoms with Crippen molar-refractivity contribution < 1.29 is 9.18 Å². The molecule has 2 aromatic heterocycles. The molecular weight excluding hydrogens is 427 g/mol. The molecule has 4 aromatic rings. The summed E-state index contributed by atoms with van der Waals surface area (Å²) in [6, 6.07) is 16.6. The Morgan fingerprint density at radius 2 is 1.79 bits per heavy atom. The number of anilines is 1. The van der Waals surface area contributed by atoms with Gasteiger partial charge >= 0.3 is 0 Å². The second-order valence-corrected chi connectivity index (χ2v) is 9.78. The fourth-order valence-electron chi connectivity index (χ4n) is 6.05. The molecule has 2 heterocycles. The first-order valence-electron chi connectivity index (χ1n) is 12.1. The molecule has 0 bridgehead atoms. The minimum atomic E-state index is -0.220. The highest BCUT2D eigenvalue weighted by molar-refractivity contribution is 5.93. The summed E-state index contributed by atoms with van der Waals surface area (Å²) < 4.78 is 15.7. The quantitative estimate of drug-likeness (QED) is 0.396. The summed E-state index contributed by atoms with van der Waals surface area (Å²) in [5.41, 5.74) is 3.92. The third-order valence-electron chi connectivity index (χ3n) is 8.05. The van der Waals surface area contributed by atoms with Crippen molar-refractivity contribution in [1.82, 2.24) is 14.8 Å². The number of hydrogen-bond donors (Lipinski definition) is 1. The van der Waals surface area contributed by atoms with Crippen molar-refractivity contribution in [2.45, 2.75) is 44.4 Å². The lowest BCUT2D eigenvalue weighted by Gasteiger charge is -2.52. The highest BCUT2D eigenvalue weighted by Gasteiger charge is 2.51. The first-order chi connectivity index (χ1) is 16.6. The molecule has 2 fully saturated rings. The molecular formula is C28H27FN4O. The van der Waals surface area contributed by atoms with Crippen LogP contribution in [-0.2, 0) is 4.79 Å². The number of halogens is 1. The van der Waals surface area contributed by atoms with Gasteiger partial charge in [-0.15, -0.1) is 0 Å². The molecule has 6 rings (SSSR count). The zero-order valence-corrected chi connectivity index (χ0v) is 19.0. The van der Waals surface area contributed by atoms with E-state index in [-0.39, 0.29) is 23.1 Å². The SMILES string of the molecule is O=C(Nc1ccc(-n2cccn2)cc1)[C@H]1CC[C@]12CC[C@H](c1ccnc3ccc(F)cc31)CC2. The monoisotopic (exact) mass is 454 g/mol. The standard InChI is InChI=1S/C28H27FN4O/c29-20-2-7-26-24(18-20)23(11-16-30-26)19-8-12-28(13-9-19)14-10-25(28)27(34)32-21-3-5-22(6-4-21)33-17-1-15-31-33/h1-7,11,15-19,25H,8-10,12-14H2,(H,32,34)/t19-,25-,28+/m1/s1. The molecule has 5 nitrogen and oxygen atoms in total. The molecule has 1 amide bonds. The first kappa shape index (κ1) is 21.0. The second-order valence-electron chi connectivity index (χ2n) is 9.78. The van der Waals surface area contributed by atoms with E-state index in [1.54, 1.807) is 23.0 Å². The van der Waals surface area contributed by atoms with Crippen LogP contribution < -0.4 is 5.32 Å². The van der Waals surface area contributed by atoms with Crippen molar-refractivity contribution in [2.24, 2.45) is 11.3 Å². The molecule has 6 heteroatoms. The number of benzene rings is 2. The van der Waals surface area contributed by atoms with Crippen LogP contribution in [-0.4, -0.2) is 20.7 Å². The zero-order chi connectivity index (χ0) is 23.1. The van der Waals surface area contributed by atoms with Crippen molar-refractivity contribution in [3.8, 4) is 5.69 Å². The topological polar surface area (TPSA) is 59.8 Å². The van der Waals surface area contributed by atoms with Gasteiger partial charge in [0, 0.05) is 35.6 Å². The summed E-state index contributed by atoms with van der Waals surface area (Å²) in [6.45, 7) is 0. The van der Waals surface area contributed by atoms with E-state index in [1.807, 2.05) is 48.8 Å². The van der Waals surface area contributed by atoms with Crippen molar-refractivity contribution >= 4 is 22.5 Å². The van der Waals surface area contributed by atoms with Gasteiger partial charge in [-0.2, -0.15) is 5.10 Å². The second kappa shape index (κ2) is 8.35. The molecule has 2 saturated carbocycles. The lowest BCUT2D eigenvalue weighted by atomic mass is 9.52. The van der Waals surface area contributed by atoms with Crippen LogP contribution >= 0.6 is 0 Å². The smallest absolute Gasteiger partial charge is 0.228 e. The van der Waals surface area contributed by atoms with Crippen molar-refractivity contribution in [3.05, 3.63) is 84.6 Å². The maximum Gasteiger partial charge on any atom is 0.228 e. The summed E-state index contributed by atoms with van der Waals surface area (Å²) in [6.07, 6.45) is 11.7. The first-order valence-corrected chi connectivity index (χ1v) is 12.1. The Bertz CT molecular complexity index is 1320. The summed E-state index contributed by atoms with van der Waals surface area (Å²) in [5, 5.41) is 8.30. The molecule has 2 aromatic carbocycles. The summed E-state index contributed by atoms with van der Waals surface area (Å²) in [4.78, 5) is 17.6. The number of pyridine rings is 1. The minimum Gasteiger partial charge on any atom is -0.326 e. The Labute approximate surface area is 198 Å². The van der Waals surface area contributed by atoms with Gasteiger partial charge in [-0.3, -0.25) is 9.78 Å². The molecule has 2 aliphatic rings. The number of amides is 1. The van der Waals surface area contributed by atoms with Crippen molar-refractivity contribution in [2.75, 3.05) is 5.32 Å². The number of nitrogens with zero attached hydrogens (tertiary/aromatic N) is 3. The summed E-state index contributed by atoms with van der Waals surface area (Å²) in [5.74, 6) is 0.360. The van der Waals surface area contributed by atoms with Gasteiger partial charge < -0.3 is 5.32 Å². The lowest BCUT2D eigenvalue weighted by Crippen LogP contribution is -2.48. The van der Waals surface area contributed by atoms with Crippen LogP contribution in [0, 0.1) is 17.2 Å². The average Bonchev–Trinajstić information content (AvgIpc) is 3.39. The predicted octanol–water partition coefficient (Wildman–Crippen LogP) is 6.25. The number of carbonyl (C=O) groups is 1. The van der Waals surface area contributed by atoms with Gasteiger partial charge in [0.2, 0.25) is 5.91 Å². The number of aromatic nitrogens is 3. The van der Waals surface area contributed by atoms with Crippen LogP contribution in [0.3, 0.4) is 0 Å². The van der Waals surface area contributed by atoms with Crippen molar-refractivity contribution in [3.63, 3.8) is 0 Å². The Balaban J connectivity index is 1.13. The van der Waals surface area contributed by atoms with Gasteiger partial charge in [0.25, 0.3) is 0 Å². The molecule has 1 atom stereocenters. The number of rotatable bonds is 4. The Hall–Kier alpha value is -3.54. The van der Waals surface area contributed by atoms with Gasteiger partial charge in [0.15, 0.2) is 0 Å². The van der Waals surface area contributed by atoms with Gasteiger partial charge in [-0.25, -0.2) is 9.07 Å². The van der Waals surface area contributed by atoms with Gasteiger partial charge in [-0.05, 0) is 110 Å². The van der Waals surface area contributed by atoms with Gasteiger partial charge in [0.05, 0.1) is 11.2 Å². The van der Waals surface area contributed by atoms with Crippen LogP contribution in [0.4, 0.5) is 10.1 Å². The zero-order valence-electron chi connectivity index (χ0n) is 19.0. The molecule has 1 N–H and O–H groups in total. The molecule has 0 unspecified atom stereocenters.